The normalized spacial score (nSPS) is 19.6. The van der Waals surface area contributed by atoms with Gasteiger partial charge in [-0.05, 0) is 60.6 Å². The Kier molecular flexibility index (Phi) is 5.75. The Morgan fingerprint density at radius 2 is 1.75 bits per heavy atom. The van der Waals surface area contributed by atoms with Crippen LogP contribution in [0.1, 0.15) is 36.3 Å². The fourth-order valence-corrected chi connectivity index (χ4v) is 4.39. The zero-order chi connectivity index (χ0) is 21.9. The van der Waals surface area contributed by atoms with Gasteiger partial charge >= 0.3 is 0 Å². The number of halogens is 1. The first-order valence-electron chi connectivity index (χ1n) is 11.3. The Labute approximate surface area is 187 Å². The van der Waals surface area contributed by atoms with Crippen molar-refractivity contribution in [3.8, 4) is 0 Å². The zero-order valence-corrected chi connectivity index (χ0v) is 17.9. The molecule has 3 aromatic rings. The van der Waals surface area contributed by atoms with Crippen LogP contribution in [0, 0.1) is 11.7 Å². The monoisotopic (exact) mass is 430 g/mol. The summed E-state index contributed by atoms with van der Waals surface area (Å²) in [5.41, 5.74) is 2.97. The summed E-state index contributed by atoms with van der Waals surface area (Å²) in [5, 5.41) is 6.46. The predicted octanol–water partition coefficient (Wildman–Crippen LogP) is 5.18. The first-order chi connectivity index (χ1) is 15.7. The van der Waals surface area contributed by atoms with Gasteiger partial charge in [0.15, 0.2) is 5.82 Å². The lowest BCUT2D eigenvalue weighted by Crippen LogP contribution is -2.23. The Morgan fingerprint density at radius 3 is 2.50 bits per heavy atom. The van der Waals surface area contributed by atoms with E-state index in [0.717, 1.165) is 55.2 Å². The van der Waals surface area contributed by atoms with Gasteiger partial charge in [-0.2, -0.15) is 0 Å². The average molecular weight is 431 g/mol. The quantitative estimate of drug-likeness (QED) is 0.543. The highest BCUT2D eigenvalue weighted by atomic mass is 19.1. The van der Waals surface area contributed by atoms with Crippen molar-refractivity contribution in [3.05, 3.63) is 83.7 Å². The molecule has 2 N–H and O–H groups in total. The second kappa shape index (κ2) is 8.99. The lowest BCUT2D eigenvalue weighted by atomic mass is 10.1. The molecule has 1 unspecified atom stereocenters. The molecule has 2 aliphatic rings. The van der Waals surface area contributed by atoms with Gasteiger partial charge < -0.3 is 15.5 Å². The van der Waals surface area contributed by atoms with Crippen LogP contribution in [-0.4, -0.2) is 24.0 Å². The zero-order valence-electron chi connectivity index (χ0n) is 17.9. The number of hydrogen-bond donors (Lipinski definition) is 2. The summed E-state index contributed by atoms with van der Waals surface area (Å²) in [4.78, 5) is 20.0. The van der Waals surface area contributed by atoms with E-state index in [1.54, 1.807) is 12.1 Å². The number of nitrogens with one attached hydrogen (secondary N) is 2. The van der Waals surface area contributed by atoms with Crippen LogP contribution in [0.25, 0.3) is 0 Å². The Balaban J connectivity index is 1.29. The summed E-state index contributed by atoms with van der Waals surface area (Å²) in [7, 11) is 0. The van der Waals surface area contributed by atoms with Crippen molar-refractivity contribution >= 4 is 23.2 Å². The molecule has 0 spiro atoms. The molecular formula is C26H27FN4O. The molecule has 0 radical (unpaired) electrons. The Morgan fingerprint density at radius 1 is 1.00 bits per heavy atom. The maximum absolute atomic E-state index is 13.1. The molecule has 1 amide bonds. The third kappa shape index (κ3) is 4.59. The molecule has 2 aromatic carbocycles. The largest absolute Gasteiger partial charge is 0.366 e. The smallest absolute Gasteiger partial charge is 0.228 e. The highest BCUT2D eigenvalue weighted by molar-refractivity contribution is 5.97. The molecule has 6 heteroatoms. The SMILES string of the molecule is O=C(Nc1ccc(NCc2ccc(F)cc2)nc1N1CCCC1)[C@@H]1CC1c1ccccc1. The second-order valence-electron chi connectivity index (χ2n) is 8.59. The lowest BCUT2D eigenvalue weighted by molar-refractivity contribution is -0.117. The maximum atomic E-state index is 13.1. The number of anilines is 3. The van der Waals surface area contributed by atoms with Gasteiger partial charge in [0.05, 0.1) is 5.69 Å². The summed E-state index contributed by atoms with van der Waals surface area (Å²) in [6.07, 6.45) is 3.14. The molecule has 1 aliphatic heterocycles. The minimum atomic E-state index is -0.242. The van der Waals surface area contributed by atoms with E-state index in [4.69, 9.17) is 4.98 Å². The van der Waals surface area contributed by atoms with E-state index in [9.17, 15) is 9.18 Å². The molecular weight excluding hydrogens is 403 g/mol. The van der Waals surface area contributed by atoms with Crippen molar-refractivity contribution in [1.29, 1.82) is 0 Å². The van der Waals surface area contributed by atoms with Crippen LogP contribution in [0.5, 0.6) is 0 Å². The van der Waals surface area contributed by atoms with Crippen molar-refractivity contribution in [2.75, 3.05) is 28.6 Å². The highest BCUT2D eigenvalue weighted by Crippen LogP contribution is 2.48. The van der Waals surface area contributed by atoms with Crippen LogP contribution in [0.2, 0.25) is 0 Å². The van der Waals surface area contributed by atoms with E-state index in [-0.39, 0.29) is 17.6 Å². The number of rotatable bonds is 7. The van der Waals surface area contributed by atoms with Crippen molar-refractivity contribution in [1.82, 2.24) is 4.98 Å². The fraction of sp³-hybridized carbons (Fsp3) is 0.308. The molecule has 164 valence electrons. The van der Waals surface area contributed by atoms with E-state index in [1.807, 2.05) is 30.3 Å². The number of amides is 1. The molecule has 1 aromatic heterocycles. The van der Waals surface area contributed by atoms with Gasteiger partial charge in [-0.1, -0.05) is 42.5 Å². The topological polar surface area (TPSA) is 57.3 Å². The minimum Gasteiger partial charge on any atom is -0.366 e. The third-order valence-electron chi connectivity index (χ3n) is 6.28. The molecule has 1 saturated carbocycles. The van der Waals surface area contributed by atoms with Crippen LogP contribution in [0.3, 0.4) is 0 Å². The van der Waals surface area contributed by atoms with E-state index in [2.05, 4.69) is 27.7 Å². The fourth-order valence-electron chi connectivity index (χ4n) is 4.39. The summed E-state index contributed by atoms with van der Waals surface area (Å²) in [5.74, 6) is 1.69. The van der Waals surface area contributed by atoms with E-state index in [1.165, 1.54) is 17.7 Å². The van der Waals surface area contributed by atoms with Crippen molar-refractivity contribution in [2.45, 2.75) is 31.7 Å². The Hall–Kier alpha value is -3.41. The minimum absolute atomic E-state index is 0.0140. The number of benzene rings is 2. The van der Waals surface area contributed by atoms with Crippen LogP contribution in [0.15, 0.2) is 66.7 Å². The van der Waals surface area contributed by atoms with E-state index >= 15 is 0 Å². The van der Waals surface area contributed by atoms with Crippen molar-refractivity contribution in [3.63, 3.8) is 0 Å². The lowest BCUT2D eigenvalue weighted by Gasteiger charge is -2.21. The number of carbonyl (C=O) groups excluding carboxylic acids is 1. The summed E-state index contributed by atoms with van der Waals surface area (Å²) in [6, 6.07) is 20.5. The highest BCUT2D eigenvalue weighted by Gasteiger charge is 2.44. The number of aromatic nitrogens is 1. The molecule has 1 saturated heterocycles. The summed E-state index contributed by atoms with van der Waals surface area (Å²) < 4.78 is 13.1. The molecule has 0 bridgehead atoms. The first-order valence-corrected chi connectivity index (χ1v) is 11.3. The maximum Gasteiger partial charge on any atom is 0.228 e. The van der Waals surface area contributed by atoms with Gasteiger partial charge in [0.2, 0.25) is 5.91 Å². The molecule has 2 fully saturated rings. The second-order valence-corrected chi connectivity index (χ2v) is 8.59. The molecule has 2 atom stereocenters. The molecule has 32 heavy (non-hydrogen) atoms. The molecule has 1 aliphatic carbocycles. The predicted molar refractivity (Wildman–Crippen MR) is 125 cm³/mol. The first kappa shape index (κ1) is 20.5. The van der Waals surface area contributed by atoms with Gasteiger partial charge in [-0.15, -0.1) is 0 Å². The van der Waals surface area contributed by atoms with Crippen molar-refractivity contribution in [2.24, 2.45) is 5.92 Å². The molecule has 5 nitrogen and oxygen atoms in total. The molecule has 5 rings (SSSR count). The molecule has 2 heterocycles. The van der Waals surface area contributed by atoms with Gasteiger partial charge in [0.25, 0.3) is 0 Å². The van der Waals surface area contributed by atoms with Gasteiger partial charge in [0, 0.05) is 25.6 Å². The third-order valence-corrected chi connectivity index (χ3v) is 6.28. The summed E-state index contributed by atoms with van der Waals surface area (Å²) >= 11 is 0. The van der Waals surface area contributed by atoms with Crippen LogP contribution in [0.4, 0.5) is 21.7 Å². The standard InChI is InChI=1S/C26H27FN4O/c27-20-10-8-18(9-11-20)17-28-24-13-12-23(25(30-24)31-14-4-5-15-31)29-26(32)22-16-21(22)19-6-2-1-3-7-19/h1-3,6-13,21-22H,4-5,14-17H2,(H,28,30)(H,29,32)/t21?,22-/m1/s1. The van der Waals surface area contributed by atoms with Gasteiger partial charge in [-0.25, -0.2) is 9.37 Å². The van der Waals surface area contributed by atoms with E-state index < -0.39 is 0 Å². The van der Waals surface area contributed by atoms with Gasteiger partial charge in [-0.3, -0.25) is 4.79 Å². The van der Waals surface area contributed by atoms with Crippen LogP contribution in [-0.2, 0) is 11.3 Å². The number of carbonyl (C=O) groups is 1. The van der Waals surface area contributed by atoms with E-state index in [0.29, 0.717) is 12.5 Å². The number of hydrogen-bond acceptors (Lipinski definition) is 4. The number of nitrogens with zero attached hydrogens (tertiary/aromatic N) is 2. The van der Waals surface area contributed by atoms with Crippen LogP contribution < -0.4 is 15.5 Å². The van der Waals surface area contributed by atoms with Crippen LogP contribution >= 0.6 is 0 Å². The Bertz CT molecular complexity index is 1080. The average Bonchev–Trinajstić information content (AvgIpc) is 3.45. The summed E-state index contributed by atoms with van der Waals surface area (Å²) in [6.45, 7) is 2.43. The van der Waals surface area contributed by atoms with Crippen molar-refractivity contribution < 1.29 is 9.18 Å². The van der Waals surface area contributed by atoms with Gasteiger partial charge in [0.1, 0.15) is 11.6 Å². The number of pyridine rings is 1.